The zero-order valence-corrected chi connectivity index (χ0v) is 12.1. The highest BCUT2D eigenvalue weighted by molar-refractivity contribution is 7.98. The molecular weight excluding hydrogens is 257 g/mol. The molecule has 0 saturated heterocycles. The summed E-state index contributed by atoms with van der Waals surface area (Å²) in [4.78, 5) is 0.611. The summed E-state index contributed by atoms with van der Waals surface area (Å²) in [5.41, 5.74) is 6.85. The minimum absolute atomic E-state index is 0.147. The van der Waals surface area contributed by atoms with Crippen molar-refractivity contribution in [2.75, 3.05) is 6.26 Å². The third-order valence-corrected chi connectivity index (χ3v) is 3.57. The zero-order valence-electron chi connectivity index (χ0n) is 10.5. The van der Waals surface area contributed by atoms with Crippen molar-refractivity contribution < 1.29 is 4.39 Å². The van der Waals surface area contributed by atoms with Gasteiger partial charge in [0.05, 0.1) is 5.02 Å². The highest BCUT2D eigenvalue weighted by Gasteiger charge is 2.12. The van der Waals surface area contributed by atoms with Crippen LogP contribution in [0.5, 0.6) is 0 Å². The molecule has 0 aliphatic rings. The highest BCUT2D eigenvalue weighted by Crippen LogP contribution is 2.28. The molecule has 0 aliphatic carbocycles. The van der Waals surface area contributed by atoms with Gasteiger partial charge < -0.3 is 5.73 Å². The van der Waals surface area contributed by atoms with Crippen molar-refractivity contribution in [2.24, 2.45) is 5.73 Å². The smallest absolute Gasteiger partial charge is 0.155 e. The van der Waals surface area contributed by atoms with E-state index in [1.54, 1.807) is 6.07 Å². The van der Waals surface area contributed by atoms with E-state index in [9.17, 15) is 4.39 Å². The molecule has 0 fully saturated rings. The van der Waals surface area contributed by atoms with Gasteiger partial charge in [0.25, 0.3) is 0 Å². The summed E-state index contributed by atoms with van der Waals surface area (Å²) < 4.78 is 13.5. The third-order valence-electron chi connectivity index (χ3n) is 2.56. The van der Waals surface area contributed by atoms with Gasteiger partial charge in [-0.1, -0.05) is 11.6 Å². The second-order valence-electron chi connectivity index (χ2n) is 4.94. The van der Waals surface area contributed by atoms with E-state index in [1.165, 1.54) is 11.8 Å². The molecule has 96 valence electrons. The molecule has 0 radical (unpaired) electrons. The second kappa shape index (κ2) is 6.07. The van der Waals surface area contributed by atoms with Crippen LogP contribution in [0.3, 0.4) is 0 Å². The third kappa shape index (κ3) is 4.86. The Hall–Kier alpha value is -0.250. The molecule has 0 saturated carbocycles. The number of halogens is 2. The number of nitrogens with two attached hydrogens (primary N) is 1. The Kier molecular flexibility index (Phi) is 5.29. The molecular formula is C13H19ClFNS. The predicted octanol–water partition coefficient (Wildman–Crippen LogP) is 4.26. The zero-order chi connectivity index (χ0) is 13.1. The van der Waals surface area contributed by atoms with Crippen LogP contribution in [0.25, 0.3) is 0 Å². The molecule has 0 amide bonds. The van der Waals surface area contributed by atoms with Gasteiger partial charge >= 0.3 is 0 Å². The van der Waals surface area contributed by atoms with E-state index in [-0.39, 0.29) is 16.4 Å². The van der Waals surface area contributed by atoms with Gasteiger partial charge in [-0.15, -0.1) is 11.8 Å². The second-order valence-corrected chi connectivity index (χ2v) is 6.19. The van der Waals surface area contributed by atoms with Crippen molar-refractivity contribution in [3.8, 4) is 0 Å². The lowest BCUT2D eigenvalue weighted by molar-refractivity contribution is 0.459. The normalized spacial score (nSPS) is 11.9. The highest BCUT2D eigenvalue weighted by atomic mass is 35.5. The van der Waals surface area contributed by atoms with Crippen LogP contribution in [0, 0.1) is 5.82 Å². The lowest BCUT2D eigenvalue weighted by Crippen LogP contribution is -2.31. The van der Waals surface area contributed by atoms with Gasteiger partial charge in [0, 0.05) is 10.4 Å². The van der Waals surface area contributed by atoms with Gasteiger partial charge in [-0.05, 0) is 57.1 Å². The molecule has 1 nitrogen and oxygen atoms in total. The van der Waals surface area contributed by atoms with E-state index in [4.69, 9.17) is 17.3 Å². The molecule has 2 N–H and O–H groups in total. The standard InChI is InChI=1S/C13H19ClFNS/c1-13(2,16)6-4-5-9-7-10(14)12(15)11(8-9)17-3/h7-8H,4-6,16H2,1-3H3. The first kappa shape index (κ1) is 14.8. The van der Waals surface area contributed by atoms with Crippen LogP contribution in [-0.2, 0) is 6.42 Å². The van der Waals surface area contributed by atoms with E-state index < -0.39 is 0 Å². The molecule has 0 aromatic heterocycles. The largest absolute Gasteiger partial charge is 0.326 e. The lowest BCUT2D eigenvalue weighted by Gasteiger charge is -2.18. The number of hydrogen-bond acceptors (Lipinski definition) is 2. The molecule has 1 aromatic carbocycles. The molecule has 0 bridgehead atoms. The SMILES string of the molecule is CSc1cc(CCCC(C)(C)N)cc(Cl)c1F. The maximum Gasteiger partial charge on any atom is 0.155 e. The lowest BCUT2D eigenvalue weighted by atomic mass is 9.97. The van der Waals surface area contributed by atoms with Crippen molar-refractivity contribution in [3.05, 3.63) is 28.5 Å². The quantitative estimate of drug-likeness (QED) is 0.813. The van der Waals surface area contributed by atoms with Gasteiger partial charge in [-0.3, -0.25) is 0 Å². The summed E-state index contributed by atoms with van der Waals surface area (Å²) in [5.74, 6) is -0.318. The molecule has 4 heteroatoms. The summed E-state index contributed by atoms with van der Waals surface area (Å²) >= 11 is 7.23. The molecule has 0 aliphatic heterocycles. The van der Waals surface area contributed by atoms with Crippen LogP contribution in [0.2, 0.25) is 5.02 Å². The van der Waals surface area contributed by atoms with E-state index in [0.717, 1.165) is 24.8 Å². The fourth-order valence-electron chi connectivity index (χ4n) is 1.66. The summed E-state index contributed by atoms with van der Waals surface area (Å²) in [5, 5.41) is 0.207. The molecule has 0 unspecified atom stereocenters. The summed E-state index contributed by atoms with van der Waals surface area (Å²) in [6, 6.07) is 3.58. The van der Waals surface area contributed by atoms with Crippen molar-refractivity contribution in [1.29, 1.82) is 0 Å². The topological polar surface area (TPSA) is 26.0 Å². The van der Waals surface area contributed by atoms with Gasteiger partial charge in [0.1, 0.15) is 0 Å². The Morgan fingerprint density at radius 3 is 2.59 bits per heavy atom. The molecule has 17 heavy (non-hydrogen) atoms. The van der Waals surface area contributed by atoms with Crippen LogP contribution < -0.4 is 5.73 Å². The minimum atomic E-state index is -0.318. The van der Waals surface area contributed by atoms with Gasteiger partial charge in [0.15, 0.2) is 5.82 Å². The first-order chi connectivity index (χ1) is 7.83. The Morgan fingerprint density at radius 2 is 2.06 bits per heavy atom. The van der Waals surface area contributed by atoms with Crippen LogP contribution in [0.1, 0.15) is 32.3 Å². The van der Waals surface area contributed by atoms with Crippen LogP contribution in [0.4, 0.5) is 4.39 Å². The molecule has 1 rings (SSSR count). The Balaban J connectivity index is 2.69. The van der Waals surface area contributed by atoms with Gasteiger partial charge in [0.2, 0.25) is 0 Å². The van der Waals surface area contributed by atoms with Crippen LogP contribution >= 0.6 is 23.4 Å². The number of aryl methyl sites for hydroxylation is 1. The van der Waals surface area contributed by atoms with Crippen molar-refractivity contribution >= 4 is 23.4 Å². The maximum absolute atomic E-state index is 13.5. The molecule has 1 aromatic rings. The number of thioether (sulfide) groups is 1. The Bertz CT molecular complexity index is 388. The molecule has 0 atom stereocenters. The first-order valence-electron chi connectivity index (χ1n) is 5.64. The van der Waals surface area contributed by atoms with E-state index in [1.807, 2.05) is 26.2 Å². The average molecular weight is 276 g/mol. The van der Waals surface area contributed by atoms with Crippen LogP contribution in [-0.4, -0.2) is 11.8 Å². The van der Waals surface area contributed by atoms with Gasteiger partial charge in [-0.25, -0.2) is 4.39 Å². The van der Waals surface area contributed by atoms with Crippen LogP contribution in [0.15, 0.2) is 17.0 Å². The van der Waals surface area contributed by atoms with E-state index in [2.05, 4.69) is 0 Å². The van der Waals surface area contributed by atoms with E-state index >= 15 is 0 Å². The Morgan fingerprint density at radius 1 is 1.41 bits per heavy atom. The van der Waals surface area contributed by atoms with Crippen molar-refractivity contribution in [1.82, 2.24) is 0 Å². The van der Waals surface area contributed by atoms with E-state index in [0.29, 0.717) is 4.90 Å². The number of hydrogen-bond donors (Lipinski definition) is 1. The fourth-order valence-corrected chi connectivity index (χ4v) is 2.51. The van der Waals surface area contributed by atoms with Gasteiger partial charge in [-0.2, -0.15) is 0 Å². The van der Waals surface area contributed by atoms with Crippen molar-refractivity contribution in [3.63, 3.8) is 0 Å². The number of rotatable bonds is 5. The monoisotopic (exact) mass is 275 g/mol. The molecule has 0 spiro atoms. The summed E-state index contributed by atoms with van der Waals surface area (Å²) in [6.07, 6.45) is 4.66. The fraction of sp³-hybridized carbons (Fsp3) is 0.538. The minimum Gasteiger partial charge on any atom is -0.326 e. The summed E-state index contributed by atoms with van der Waals surface area (Å²) in [7, 11) is 0. The maximum atomic E-state index is 13.5. The Labute approximate surface area is 112 Å². The number of benzene rings is 1. The average Bonchev–Trinajstić information content (AvgIpc) is 2.21. The summed E-state index contributed by atoms with van der Waals surface area (Å²) in [6.45, 7) is 4.02. The molecule has 0 heterocycles. The first-order valence-corrected chi connectivity index (χ1v) is 7.24. The van der Waals surface area contributed by atoms with Crippen molar-refractivity contribution in [2.45, 2.75) is 43.5 Å². The predicted molar refractivity (Wildman–Crippen MR) is 74.4 cm³/mol.